The molecular formula is C14H29N3O3S. The van der Waals surface area contributed by atoms with Gasteiger partial charge in [-0.2, -0.15) is 0 Å². The number of carbonyl (C=O) groups excluding carboxylic acids is 1. The van der Waals surface area contributed by atoms with Gasteiger partial charge >= 0.3 is 0 Å². The molecule has 1 aliphatic carbocycles. The number of carbonyl (C=O) groups is 1. The van der Waals surface area contributed by atoms with E-state index in [0.717, 1.165) is 38.4 Å². The number of primary sulfonamides is 1. The van der Waals surface area contributed by atoms with Crippen molar-refractivity contribution in [3.05, 3.63) is 0 Å². The fourth-order valence-corrected chi connectivity index (χ4v) is 2.86. The molecule has 0 saturated heterocycles. The lowest BCUT2D eigenvalue weighted by Crippen LogP contribution is -2.35. The Balaban J connectivity index is 2.01. The van der Waals surface area contributed by atoms with Crippen LogP contribution < -0.4 is 5.14 Å². The molecule has 1 fully saturated rings. The predicted molar refractivity (Wildman–Crippen MR) is 84.3 cm³/mol. The monoisotopic (exact) mass is 319 g/mol. The van der Waals surface area contributed by atoms with Gasteiger partial charge in [-0.05, 0) is 32.7 Å². The molecule has 0 atom stereocenters. The predicted octanol–water partition coefficient (Wildman–Crippen LogP) is 0.778. The zero-order chi connectivity index (χ0) is 15.9. The molecule has 2 N–H and O–H groups in total. The highest BCUT2D eigenvalue weighted by Gasteiger charge is 2.25. The number of amides is 1. The molecule has 1 aliphatic rings. The maximum atomic E-state index is 11.9. The molecule has 7 heteroatoms. The van der Waals surface area contributed by atoms with Gasteiger partial charge in [0.1, 0.15) is 0 Å². The van der Waals surface area contributed by atoms with Crippen molar-refractivity contribution < 1.29 is 13.2 Å². The van der Waals surface area contributed by atoms with E-state index >= 15 is 0 Å². The van der Waals surface area contributed by atoms with E-state index in [0.29, 0.717) is 12.8 Å². The number of sulfonamides is 1. The molecule has 0 bridgehead atoms. The zero-order valence-corrected chi connectivity index (χ0v) is 14.1. The van der Waals surface area contributed by atoms with Gasteiger partial charge in [0.05, 0.1) is 5.75 Å². The fraction of sp³-hybridized carbons (Fsp3) is 0.929. The third kappa shape index (κ3) is 9.06. The minimum absolute atomic E-state index is 0.0361. The lowest BCUT2D eigenvalue weighted by Gasteiger charge is -2.22. The first kappa shape index (κ1) is 18.4. The van der Waals surface area contributed by atoms with Crippen molar-refractivity contribution in [3.8, 4) is 0 Å². The summed E-state index contributed by atoms with van der Waals surface area (Å²) in [5, 5.41) is 4.93. The minimum atomic E-state index is -3.34. The summed E-state index contributed by atoms with van der Waals surface area (Å²) in [4.78, 5) is 16.0. The van der Waals surface area contributed by atoms with Crippen LogP contribution in [-0.2, 0) is 14.8 Å². The molecule has 0 unspecified atom stereocenters. The van der Waals surface area contributed by atoms with Gasteiger partial charge in [-0.1, -0.05) is 12.8 Å². The molecular weight excluding hydrogens is 290 g/mol. The van der Waals surface area contributed by atoms with Crippen LogP contribution in [0.1, 0.15) is 44.9 Å². The second kappa shape index (κ2) is 8.70. The van der Waals surface area contributed by atoms with E-state index in [1.165, 1.54) is 12.8 Å². The standard InChI is InChI=1S/C14H29N3O3S/c1-16(13-8-9-13)10-11-17(2)14(18)7-5-3-4-6-12-21(15,19)20/h13H,3-12H2,1-2H3,(H2,15,19,20). The van der Waals surface area contributed by atoms with Crippen LogP contribution in [0.5, 0.6) is 0 Å². The normalized spacial score (nSPS) is 15.4. The number of likely N-dealkylation sites (N-methyl/N-ethyl adjacent to an activating group) is 2. The highest BCUT2D eigenvalue weighted by molar-refractivity contribution is 7.89. The number of rotatable bonds is 11. The summed E-state index contributed by atoms with van der Waals surface area (Å²) in [6, 6.07) is 0.729. The molecule has 0 spiro atoms. The summed E-state index contributed by atoms with van der Waals surface area (Å²) in [7, 11) is 0.625. The van der Waals surface area contributed by atoms with E-state index in [1.807, 2.05) is 7.05 Å². The quantitative estimate of drug-likeness (QED) is 0.570. The van der Waals surface area contributed by atoms with Gasteiger partial charge in [0.15, 0.2) is 0 Å². The zero-order valence-electron chi connectivity index (χ0n) is 13.3. The third-order valence-corrected chi connectivity index (χ3v) is 4.81. The molecule has 0 aromatic rings. The molecule has 6 nitrogen and oxygen atoms in total. The van der Waals surface area contributed by atoms with Crippen molar-refractivity contribution in [1.29, 1.82) is 0 Å². The van der Waals surface area contributed by atoms with Gasteiger partial charge in [-0.25, -0.2) is 13.6 Å². The average Bonchev–Trinajstić information content (AvgIpc) is 3.22. The number of hydrogen-bond donors (Lipinski definition) is 1. The van der Waals surface area contributed by atoms with Crippen LogP contribution in [0.25, 0.3) is 0 Å². The molecule has 0 aromatic carbocycles. The smallest absolute Gasteiger partial charge is 0.222 e. The topological polar surface area (TPSA) is 83.7 Å². The van der Waals surface area contributed by atoms with Gasteiger partial charge in [0.2, 0.25) is 15.9 Å². The van der Waals surface area contributed by atoms with Crippen LogP contribution >= 0.6 is 0 Å². The first-order chi connectivity index (χ1) is 9.79. The summed E-state index contributed by atoms with van der Waals surface area (Å²) in [6.45, 7) is 1.71. The summed E-state index contributed by atoms with van der Waals surface area (Å²) in [5.41, 5.74) is 0. The SMILES string of the molecule is CN(CCN(C)C1CC1)C(=O)CCCCCCS(N)(=O)=O. The molecule has 0 heterocycles. The average molecular weight is 319 g/mol. The van der Waals surface area contributed by atoms with Crippen LogP contribution in [0.15, 0.2) is 0 Å². The van der Waals surface area contributed by atoms with Gasteiger partial charge in [-0.15, -0.1) is 0 Å². The Morgan fingerprint density at radius 1 is 1.10 bits per heavy atom. The van der Waals surface area contributed by atoms with Crippen molar-refractivity contribution in [2.75, 3.05) is 32.9 Å². The Hall–Kier alpha value is -0.660. The van der Waals surface area contributed by atoms with Gasteiger partial charge in [-0.3, -0.25) is 4.79 Å². The van der Waals surface area contributed by atoms with E-state index in [1.54, 1.807) is 4.90 Å². The number of unbranched alkanes of at least 4 members (excludes halogenated alkanes) is 3. The Kier molecular flexibility index (Phi) is 7.62. The molecule has 1 rings (SSSR count). The second-order valence-electron chi connectivity index (χ2n) is 6.06. The molecule has 21 heavy (non-hydrogen) atoms. The van der Waals surface area contributed by atoms with Gasteiger partial charge in [0.25, 0.3) is 0 Å². The first-order valence-corrected chi connectivity index (χ1v) is 9.46. The van der Waals surface area contributed by atoms with Crippen LogP contribution in [0, 0.1) is 0 Å². The number of nitrogens with zero attached hydrogens (tertiary/aromatic N) is 2. The highest BCUT2D eigenvalue weighted by atomic mass is 32.2. The maximum Gasteiger partial charge on any atom is 0.222 e. The largest absolute Gasteiger partial charge is 0.344 e. The van der Waals surface area contributed by atoms with Crippen LogP contribution in [0.2, 0.25) is 0 Å². The summed E-state index contributed by atoms with van der Waals surface area (Å²) >= 11 is 0. The van der Waals surface area contributed by atoms with Gasteiger partial charge in [0, 0.05) is 32.6 Å². The van der Waals surface area contributed by atoms with E-state index in [-0.39, 0.29) is 11.7 Å². The number of hydrogen-bond acceptors (Lipinski definition) is 4. The van der Waals surface area contributed by atoms with Crippen LogP contribution in [0.3, 0.4) is 0 Å². The van der Waals surface area contributed by atoms with Crippen LogP contribution in [0.4, 0.5) is 0 Å². The Labute approximate surface area is 128 Å². The van der Waals surface area contributed by atoms with Crippen LogP contribution in [-0.4, -0.2) is 63.1 Å². The minimum Gasteiger partial charge on any atom is -0.344 e. The molecule has 0 aliphatic heterocycles. The molecule has 1 amide bonds. The van der Waals surface area contributed by atoms with Crippen molar-refractivity contribution >= 4 is 15.9 Å². The first-order valence-electron chi connectivity index (χ1n) is 7.74. The van der Waals surface area contributed by atoms with Crippen molar-refractivity contribution in [2.24, 2.45) is 5.14 Å². The molecule has 124 valence electrons. The van der Waals surface area contributed by atoms with Crippen molar-refractivity contribution in [1.82, 2.24) is 9.80 Å². The van der Waals surface area contributed by atoms with E-state index in [2.05, 4.69) is 11.9 Å². The lowest BCUT2D eigenvalue weighted by molar-refractivity contribution is -0.130. The highest BCUT2D eigenvalue weighted by Crippen LogP contribution is 2.24. The molecule has 0 aromatic heterocycles. The van der Waals surface area contributed by atoms with Gasteiger partial charge < -0.3 is 9.80 Å². The molecule has 0 radical (unpaired) electrons. The summed E-state index contributed by atoms with van der Waals surface area (Å²) in [6.07, 6.45) is 6.18. The number of nitrogens with two attached hydrogens (primary N) is 1. The molecule has 1 saturated carbocycles. The van der Waals surface area contributed by atoms with Crippen molar-refractivity contribution in [3.63, 3.8) is 0 Å². The van der Waals surface area contributed by atoms with E-state index in [9.17, 15) is 13.2 Å². The Bertz CT molecular complexity index is 421. The van der Waals surface area contributed by atoms with Crippen molar-refractivity contribution in [2.45, 2.75) is 51.0 Å². The summed E-state index contributed by atoms with van der Waals surface area (Å²) in [5.74, 6) is 0.208. The Morgan fingerprint density at radius 3 is 2.29 bits per heavy atom. The van der Waals surface area contributed by atoms with E-state index < -0.39 is 10.0 Å². The lowest BCUT2D eigenvalue weighted by atomic mass is 10.1. The second-order valence-corrected chi connectivity index (χ2v) is 7.79. The maximum absolute atomic E-state index is 11.9. The third-order valence-electron chi connectivity index (χ3n) is 3.95. The van der Waals surface area contributed by atoms with E-state index in [4.69, 9.17) is 5.14 Å². The summed E-state index contributed by atoms with van der Waals surface area (Å²) < 4.78 is 21.5. The Morgan fingerprint density at radius 2 is 1.71 bits per heavy atom. The fourth-order valence-electron chi connectivity index (χ4n) is 2.25.